The van der Waals surface area contributed by atoms with Gasteiger partial charge in [-0.1, -0.05) is 0 Å². The Morgan fingerprint density at radius 2 is 1.83 bits per heavy atom. The smallest absolute Gasteiger partial charge is 0.434 e. The van der Waals surface area contributed by atoms with E-state index < -0.39 is 40.5 Å². The summed E-state index contributed by atoms with van der Waals surface area (Å²) in [5.74, 6) is -3.06. The first-order chi connectivity index (χ1) is 19.4. The molecule has 11 nitrogen and oxygen atoms in total. The van der Waals surface area contributed by atoms with E-state index in [0.717, 1.165) is 12.1 Å². The fourth-order valence-corrected chi connectivity index (χ4v) is 4.42. The minimum atomic E-state index is -5.10. The molecule has 0 aliphatic heterocycles. The van der Waals surface area contributed by atoms with Crippen molar-refractivity contribution >= 4 is 17.1 Å². The molecule has 5 aromatic rings. The van der Waals surface area contributed by atoms with Crippen LogP contribution in [0.2, 0.25) is 0 Å². The number of carbonyl (C=O) groups excluding carboxylic acids is 1. The number of rotatable bonds is 7. The highest BCUT2D eigenvalue weighted by Crippen LogP contribution is 2.40. The maximum Gasteiger partial charge on any atom is 0.434 e. The Hall–Kier alpha value is -5.21. The molecule has 1 amide bonds. The van der Waals surface area contributed by atoms with Crippen LogP contribution in [0.4, 0.5) is 17.6 Å². The van der Waals surface area contributed by atoms with Gasteiger partial charge < -0.3 is 15.2 Å². The number of halogens is 4. The zero-order valence-corrected chi connectivity index (χ0v) is 21.7. The molecule has 4 aromatic heterocycles. The molecule has 15 heteroatoms. The van der Waals surface area contributed by atoms with Gasteiger partial charge in [-0.2, -0.15) is 18.3 Å². The van der Waals surface area contributed by atoms with Gasteiger partial charge in [0.05, 0.1) is 12.7 Å². The maximum absolute atomic E-state index is 15.4. The highest BCUT2D eigenvalue weighted by molar-refractivity contribution is 6.00. The molecule has 5 rings (SSSR count). The molecule has 0 aliphatic rings. The van der Waals surface area contributed by atoms with Gasteiger partial charge in [0, 0.05) is 30.1 Å². The van der Waals surface area contributed by atoms with Crippen molar-refractivity contribution in [2.45, 2.75) is 26.1 Å². The van der Waals surface area contributed by atoms with E-state index >= 15 is 4.39 Å². The number of methoxy groups -OCH3 is 1. The van der Waals surface area contributed by atoms with Gasteiger partial charge in [0.1, 0.15) is 11.2 Å². The summed E-state index contributed by atoms with van der Waals surface area (Å²) in [6, 6.07) is 7.18. The van der Waals surface area contributed by atoms with Crippen LogP contribution in [0, 0.1) is 5.82 Å². The second-order valence-electron chi connectivity index (χ2n) is 9.02. The molecule has 0 atom stereocenters. The van der Waals surface area contributed by atoms with Gasteiger partial charge in [-0.25, -0.2) is 23.8 Å². The normalized spacial score (nSPS) is 11.8. The van der Waals surface area contributed by atoms with Crippen LogP contribution < -0.4 is 20.9 Å². The number of carbonyl (C=O) groups is 1. The standard InChI is InChI=1S/C26H21F4N7O4/c1-12(2)36-20-16(8-10-32-23(20)34-25(36)39)41-15-7-6-13(11-14(15)27)19-18(22(31)38)21(26(28,29)30)37(35-19)24-17(40-3)5-4-9-33-24/h4-12H,1-3H3,(H2,31,38)(H,32,34,39). The van der Waals surface area contributed by atoms with Gasteiger partial charge >= 0.3 is 11.9 Å². The number of pyridine rings is 2. The fourth-order valence-electron chi connectivity index (χ4n) is 4.42. The number of aromatic nitrogens is 6. The fraction of sp³-hybridized carbons (Fsp3) is 0.192. The van der Waals surface area contributed by atoms with Crippen LogP contribution in [0.5, 0.6) is 17.2 Å². The molecule has 41 heavy (non-hydrogen) atoms. The Bertz CT molecular complexity index is 1860. The molecule has 0 radical (unpaired) electrons. The van der Waals surface area contributed by atoms with Crippen molar-refractivity contribution in [3.63, 3.8) is 0 Å². The summed E-state index contributed by atoms with van der Waals surface area (Å²) in [6.45, 7) is 3.54. The number of hydrogen-bond acceptors (Lipinski definition) is 7. The summed E-state index contributed by atoms with van der Waals surface area (Å²) in [4.78, 5) is 35.3. The summed E-state index contributed by atoms with van der Waals surface area (Å²) < 4.78 is 70.8. The SMILES string of the molecule is COc1cccnc1-n1nc(-c2ccc(Oc3ccnc4[nH]c(=O)n(C(C)C)c34)c(F)c2)c(C(N)=O)c1C(F)(F)F. The quantitative estimate of drug-likeness (QED) is 0.272. The summed E-state index contributed by atoms with van der Waals surface area (Å²) >= 11 is 0. The molecule has 212 valence electrons. The first-order valence-corrected chi connectivity index (χ1v) is 12.0. The van der Waals surface area contributed by atoms with Crippen LogP contribution >= 0.6 is 0 Å². The zero-order chi connectivity index (χ0) is 29.6. The van der Waals surface area contributed by atoms with Gasteiger partial charge in [0.25, 0.3) is 5.91 Å². The molecule has 0 fully saturated rings. The van der Waals surface area contributed by atoms with Gasteiger partial charge in [0.2, 0.25) is 0 Å². The Morgan fingerprint density at radius 3 is 2.46 bits per heavy atom. The molecule has 0 spiro atoms. The lowest BCUT2D eigenvalue weighted by atomic mass is 10.0. The first kappa shape index (κ1) is 27.4. The summed E-state index contributed by atoms with van der Waals surface area (Å²) in [6.07, 6.45) is -2.52. The van der Waals surface area contributed by atoms with E-state index in [1.54, 1.807) is 13.8 Å². The van der Waals surface area contributed by atoms with E-state index in [9.17, 15) is 22.8 Å². The maximum atomic E-state index is 15.4. The van der Waals surface area contributed by atoms with Gasteiger partial charge in [-0.05, 0) is 44.2 Å². The summed E-state index contributed by atoms with van der Waals surface area (Å²) in [7, 11) is 1.23. The number of nitrogens with zero attached hydrogens (tertiary/aromatic N) is 5. The highest BCUT2D eigenvalue weighted by Gasteiger charge is 2.43. The molecular weight excluding hydrogens is 550 g/mol. The number of H-pyrrole nitrogens is 1. The number of primary amides is 1. The van der Waals surface area contributed by atoms with Gasteiger partial charge in [-0.3, -0.25) is 14.3 Å². The Kier molecular flexibility index (Phi) is 6.72. The average molecular weight is 571 g/mol. The number of benzene rings is 1. The van der Waals surface area contributed by atoms with Crippen LogP contribution in [0.15, 0.2) is 53.6 Å². The largest absolute Gasteiger partial charge is 0.493 e. The average Bonchev–Trinajstić information content (AvgIpc) is 3.48. The summed E-state index contributed by atoms with van der Waals surface area (Å²) in [5, 5.41) is 3.97. The number of imidazole rings is 1. The number of hydrogen-bond donors (Lipinski definition) is 2. The zero-order valence-electron chi connectivity index (χ0n) is 21.7. The second kappa shape index (κ2) is 10.1. The van der Waals surface area contributed by atoms with Crippen LogP contribution in [-0.2, 0) is 6.18 Å². The van der Waals surface area contributed by atoms with Crippen molar-refractivity contribution in [2.24, 2.45) is 5.73 Å². The van der Waals surface area contributed by atoms with Crippen LogP contribution in [0.1, 0.15) is 35.9 Å². The van der Waals surface area contributed by atoms with Gasteiger partial charge in [0.15, 0.2) is 40.2 Å². The Balaban J connectivity index is 1.64. The number of aromatic amines is 1. The number of fused-ring (bicyclic) bond motifs is 1. The third-order valence-electron chi connectivity index (χ3n) is 6.09. The van der Waals surface area contributed by atoms with E-state index in [1.165, 1.54) is 48.3 Å². The first-order valence-electron chi connectivity index (χ1n) is 12.0. The van der Waals surface area contributed by atoms with Crippen molar-refractivity contribution in [2.75, 3.05) is 7.11 Å². The lowest BCUT2D eigenvalue weighted by Crippen LogP contribution is -2.21. The molecule has 0 unspecified atom stereocenters. The molecule has 1 aromatic carbocycles. The monoisotopic (exact) mass is 571 g/mol. The molecule has 4 heterocycles. The van der Waals surface area contributed by atoms with Crippen molar-refractivity contribution in [3.05, 3.63) is 76.4 Å². The van der Waals surface area contributed by atoms with Crippen LogP contribution in [0.3, 0.4) is 0 Å². The predicted octanol–water partition coefficient (Wildman–Crippen LogP) is 4.61. The molecule has 0 saturated carbocycles. The van der Waals surface area contributed by atoms with Crippen molar-refractivity contribution in [1.82, 2.24) is 29.3 Å². The number of amides is 1. The molecule has 3 N–H and O–H groups in total. The highest BCUT2D eigenvalue weighted by atomic mass is 19.4. The van der Waals surface area contributed by atoms with E-state index in [-0.39, 0.29) is 40.3 Å². The van der Waals surface area contributed by atoms with E-state index in [0.29, 0.717) is 10.2 Å². The van der Waals surface area contributed by atoms with E-state index in [4.69, 9.17) is 15.2 Å². The lowest BCUT2D eigenvalue weighted by molar-refractivity contribution is -0.143. The van der Waals surface area contributed by atoms with Crippen LogP contribution in [0.25, 0.3) is 28.2 Å². The van der Waals surface area contributed by atoms with Gasteiger partial charge in [-0.15, -0.1) is 0 Å². The lowest BCUT2D eigenvalue weighted by Gasteiger charge is -2.13. The minimum Gasteiger partial charge on any atom is -0.493 e. The predicted molar refractivity (Wildman–Crippen MR) is 138 cm³/mol. The molecule has 0 aliphatic carbocycles. The number of nitrogens with one attached hydrogen (secondary N) is 1. The number of nitrogens with two attached hydrogens (primary N) is 1. The molecular formula is C26H21F4N7O4. The molecule has 0 bridgehead atoms. The minimum absolute atomic E-state index is 0.0636. The topological polar surface area (TPSA) is 143 Å². The van der Waals surface area contributed by atoms with Crippen molar-refractivity contribution in [1.29, 1.82) is 0 Å². The van der Waals surface area contributed by atoms with Crippen molar-refractivity contribution in [3.8, 4) is 34.3 Å². The third kappa shape index (κ3) is 4.74. The van der Waals surface area contributed by atoms with E-state index in [1.807, 2.05) is 0 Å². The number of ether oxygens (including phenoxy) is 2. The molecule has 0 saturated heterocycles. The number of alkyl halides is 3. The Labute approximate surface area is 228 Å². The third-order valence-corrected chi connectivity index (χ3v) is 6.09. The van der Waals surface area contributed by atoms with Crippen molar-refractivity contribution < 1.29 is 31.8 Å². The van der Waals surface area contributed by atoms with Crippen LogP contribution in [-0.4, -0.2) is 42.3 Å². The Morgan fingerprint density at radius 1 is 1.07 bits per heavy atom. The second-order valence-corrected chi connectivity index (χ2v) is 9.02. The van der Waals surface area contributed by atoms with E-state index in [2.05, 4.69) is 20.1 Å². The summed E-state index contributed by atoms with van der Waals surface area (Å²) in [5.41, 5.74) is 2.24.